The Balaban J connectivity index is 1.61. The molecule has 294 valence electrons. The second kappa shape index (κ2) is 12.2. The quantitative estimate of drug-likeness (QED) is 0.130. The van der Waals surface area contributed by atoms with Crippen LogP contribution in [0.5, 0.6) is 5.75 Å². The fourth-order valence-corrected chi connectivity index (χ4v) is 8.92. The summed E-state index contributed by atoms with van der Waals surface area (Å²) in [5.74, 6) is 1.87. The van der Waals surface area contributed by atoms with E-state index in [-0.39, 0.29) is 22.2 Å². The molecule has 4 aromatic carbocycles. The zero-order valence-electron chi connectivity index (χ0n) is 35.4. The lowest BCUT2D eigenvalue weighted by Gasteiger charge is -2.37. The van der Waals surface area contributed by atoms with Crippen LogP contribution in [-0.2, 0) is 21.7 Å². The molecule has 3 N–H and O–H groups in total. The van der Waals surface area contributed by atoms with E-state index in [0.29, 0.717) is 56.4 Å². The number of benzene rings is 4. The summed E-state index contributed by atoms with van der Waals surface area (Å²) in [5.41, 5.74) is 7.40. The number of fused-ring (bicyclic) bond motifs is 20. The predicted octanol–water partition coefficient (Wildman–Crippen LogP) is 11.5. The fourth-order valence-electron chi connectivity index (χ4n) is 8.92. The molecule has 8 bridgehead atoms. The van der Waals surface area contributed by atoms with Crippen LogP contribution in [0.3, 0.4) is 0 Å². The topological polar surface area (TPSA) is 139 Å². The minimum Gasteiger partial charge on any atom is -0.507 e. The van der Waals surface area contributed by atoms with Crippen molar-refractivity contribution in [2.75, 3.05) is 0 Å². The van der Waals surface area contributed by atoms with E-state index in [2.05, 4.69) is 94.1 Å². The fraction of sp³-hybridized carbons (Fsp3) is 0.333. The molecule has 0 amide bonds. The van der Waals surface area contributed by atoms with E-state index in [4.69, 9.17) is 29.9 Å². The number of aromatic amines is 1. The summed E-state index contributed by atoms with van der Waals surface area (Å²) in [4.78, 5) is 34.8. The molecule has 3 aromatic heterocycles. The molecule has 0 spiro atoms. The van der Waals surface area contributed by atoms with E-state index in [9.17, 15) is 10.3 Å². The molecule has 0 saturated carbocycles. The Hall–Kier alpha value is -6.16. The van der Waals surface area contributed by atoms with Crippen molar-refractivity contribution in [3.05, 3.63) is 89.0 Å². The standard InChI is InChI=1S/C48H50N8O2/c1-45(2,3)29-23-17-22-28-30(29)40-51-39(28)55-44-27-21-16-15-20-26(27)43(56(44)58)54-38-25-19-14-13-18-24(25)37(49-38)50-42-32-31(41(52-40)53-42)33(46(4,5)6)34(47(7,8)9)35(36(32)57)48(10,11)12/h13-23,57-58H,1-12H3,(H,49,50,51,52,53,54,55). The van der Waals surface area contributed by atoms with Crippen LogP contribution >= 0.6 is 0 Å². The summed E-state index contributed by atoms with van der Waals surface area (Å²) in [7, 11) is 0. The van der Waals surface area contributed by atoms with Crippen molar-refractivity contribution in [1.29, 1.82) is 0 Å². The molecule has 0 aliphatic carbocycles. The molecule has 0 fully saturated rings. The molecule has 2 aliphatic heterocycles. The highest BCUT2D eigenvalue weighted by molar-refractivity contribution is 6.12. The minimum absolute atomic E-state index is 0.166. The molecule has 0 unspecified atom stereocenters. The third-order valence-corrected chi connectivity index (χ3v) is 11.3. The maximum atomic E-state index is 12.8. The Morgan fingerprint density at radius 1 is 0.466 bits per heavy atom. The van der Waals surface area contributed by atoms with Crippen molar-refractivity contribution in [3.63, 3.8) is 0 Å². The normalized spacial score (nSPS) is 13.3. The van der Waals surface area contributed by atoms with Gasteiger partial charge in [-0.05, 0) is 38.4 Å². The van der Waals surface area contributed by atoms with Gasteiger partial charge in [-0.25, -0.2) is 29.9 Å². The van der Waals surface area contributed by atoms with Crippen molar-refractivity contribution in [1.82, 2.24) is 39.6 Å². The first-order chi connectivity index (χ1) is 27.1. The third kappa shape index (κ3) is 5.59. The Morgan fingerprint density at radius 2 is 0.931 bits per heavy atom. The highest BCUT2D eigenvalue weighted by Crippen LogP contribution is 2.52. The van der Waals surface area contributed by atoms with Gasteiger partial charge in [0.15, 0.2) is 34.6 Å². The highest BCUT2D eigenvalue weighted by Gasteiger charge is 2.38. The number of hydrogen-bond donors (Lipinski definition) is 3. The molecule has 7 aromatic rings. The number of hydrogen-bond acceptors (Lipinski definition) is 8. The predicted molar refractivity (Wildman–Crippen MR) is 233 cm³/mol. The van der Waals surface area contributed by atoms with Crippen molar-refractivity contribution < 1.29 is 10.3 Å². The van der Waals surface area contributed by atoms with Crippen LogP contribution in [0.15, 0.2) is 66.7 Å². The molecule has 2 aliphatic rings. The molecule has 10 nitrogen and oxygen atoms in total. The number of rotatable bonds is 0. The first-order valence-corrected chi connectivity index (χ1v) is 20.0. The summed E-state index contributed by atoms with van der Waals surface area (Å²) in [6.07, 6.45) is 0. The zero-order chi connectivity index (χ0) is 41.4. The number of aromatic nitrogens is 8. The van der Waals surface area contributed by atoms with Gasteiger partial charge in [0.25, 0.3) is 0 Å². The molecule has 10 heteroatoms. The van der Waals surface area contributed by atoms with E-state index in [1.54, 1.807) is 0 Å². The van der Waals surface area contributed by atoms with Crippen molar-refractivity contribution in [2.24, 2.45) is 0 Å². The van der Waals surface area contributed by atoms with Gasteiger partial charge in [0.05, 0.1) is 5.39 Å². The largest absolute Gasteiger partial charge is 0.507 e. The van der Waals surface area contributed by atoms with Crippen LogP contribution in [0.1, 0.15) is 105 Å². The number of aromatic hydroxyl groups is 1. The van der Waals surface area contributed by atoms with Crippen molar-refractivity contribution >= 4 is 44.1 Å². The summed E-state index contributed by atoms with van der Waals surface area (Å²) in [6, 6.07) is 21.6. The maximum Gasteiger partial charge on any atom is 0.180 e. The van der Waals surface area contributed by atoms with E-state index in [1.165, 1.54) is 0 Å². The molecular weight excluding hydrogens is 721 g/mol. The van der Waals surface area contributed by atoms with Crippen LogP contribution < -0.4 is 0 Å². The van der Waals surface area contributed by atoms with Crippen LogP contribution in [0, 0.1) is 0 Å². The van der Waals surface area contributed by atoms with Crippen LogP contribution in [0.2, 0.25) is 0 Å². The lowest BCUT2D eigenvalue weighted by Crippen LogP contribution is -2.28. The monoisotopic (exact) mass is 770 g/mol. The molecular formula is C48H50N8O2. The highest BCUT2D eigenvalue weighted by atomic mass is 16.5. The molecule has 58 heavy (non-hydrogen) atoms. The van der Waals surface area contributed by atoms with Crippen molar-refractivity contribution in [3.8, 4) is 51.3 Å². The third-order valence-electron chi connectivity index (χ3n) is 11.3. The second-order valence-electron chi connectivity index (χ2n) is 19.8. The van der Waals surface area contributed by atoms with Gasteiger partial charge in [-0.1, -0.05) is 150 Å². The molecule has 0 atom stereocenters. The van der Waals surface area contributed by atoms with E-state index in [0.717, 1.165) is 54.6 Å². The minimum atomic E-state index is -0.429. The van der Waals surface area contributed by atoms with Crippen LogP contribution in [0.4, 0.5) is 0 Å². The summed E-state index contributed by atoms with van der Waals surface area (Å²) >= 11 is 0. The number of phenolic OH excluding ortho intramolecular Hbond substituents is 1. The van der Waals surface area contributed by atoms with E-state index in [1.807, 2.05) is 60.7 Å². The van der Waals surface area contributed by atoms with Gasteiger partial charge in [0.1, 0.15) is 17.0 Å². The summed E-state index contributed by atoms with van der Waals surface area (Å²) < 4.78 is 1.03. The van der Waals surface area contributed by atoms with Gasteiger partial charge in [0, 0.05) is 44.0 Å². The maximum absolute atomic E-state index is 12.8. The molecule has 5 heterocycles. The SMILES string of the molecule is CC(C)(C)c1cccc2c1-c1nc-2nc2c3ccccc3c(nc3nc(nc4[nH]c(n1)c1c(C(C)(C)C)c(C(C)(C)C)c(C(C)(C)C)c(O)c41)-c1ccccc1-3)n2O. The van der Waals surface area contributed by atoms with E-state index < -0.39 is 10.8 Å². The lowest BCUT2D eigenvalue weighted by molar-refractivity contribution is 0.209. The number of H-pyrrole nitrogens is 1. The molecule has 0 saturated heterocycles. The van der Waals surface area contributed by atoms with Gasteiger partial charge in [-0.15, -0.1) is 4.73 Å². The Bertz CT molecular complexity index is 3070. The van der Waals surface area contributed by atoms with Gasteiger partial charge >= 0.3 is 0 Å². The van der Waals surface area contributed by atoms with Gasteiger partial charge in [-0.2, -0.15) is 0 Å². The van der Waals surface area contributed by atoms with Crippen LogP contribution in [-0.4, -0.2) is 49.9 Å². The van der Waals surface area contributed by atoms with Crippen LogP contribution in [0.25, 0.3) is 89.7 Å². The Labute approximate surface area is 338 Å². The van der Waals surface area contributed by atoms with Crippen molar-refractivity contribution in [2.45, 2.75) is 105 Å². The number of nitrogens with zero attached hydrogens (tertiary/aromatic N) is 7. The average molecular weight is 771 g/mol. The first-order valence-electron chi connectivity index (χ1n) is 20.0. The smallest absolute Gasteiger partial charge is 0.180 e. The molecule has 9 rings (SSSR count). The summed E-state index contributed by atoms with van der Waals surface area (Å²) in [6.45, 7) is 26.3. The zero-order valence-corrected chi connectivity index (χ0v) is 35.4. The van der Waals surface area contributed by atoms with Gasteiger partial charge in [-0.3, -0.25) is 0 Å². The number of phenols is 1. The Morgan fingerprint density at radius 3 is 1.48 bits per heavy atom. The second-order valence-corrected chi connectivity index (χ2v) is 19.8. The Kier molecular flexibility index (Phi) is 7.86. The van der Waals surface area contributed by atoms with Gasteiger partial charge in [0.2, 0.25) is 0 Å². The van der Waals surface area contributed by atoms with Gasteiger partial charge < -0.3 is 15.3 Å². The van der Waals surface area contributed by atoms with E-state index >= 15 is 0 Å². The molecule has 0 radical (unpaired) electrons. The lowest BCUT2D eigenvalue weighted by atomic mass is 9.67. The first kappa shape index (κ1) is 37.4. The average Bonchev–Trinajstić information content (AvgIpc) is 3.84. The number of nitrogens with one attached hydrogen (secondary N) is 1. The summed E-state index contributed by atoms with van der Waals surface area (Å²) in [5, 5.41) is 27.5.